The van der Waals surface area contributed by atoms with Gasteiger partial charge in [0, 0.05) is 26.2 Å². The average Bonchev–Trinajstić information content (AvgIpc) is 2.50. The molecule has 1 saturated heterocycles. The van der Waals surface area contributed by atoms with Gasteiger partial charge in [0.2, 0.25) is 11.8 Å². The van der Waals surface area contributed by atoms with Gasteiger partial charge in [0.1, 0.15) is 0 Å². The van der Waals surface area contributed by atoms with E-state index in [1.165, 1.54) is 0 Å². The lowest BCUT2D eigenvalue weighted by molar-refractivity contribution is 0.215. The van der Waals surface area contributed by atoms with Crippen LogP contribution in [0.1, 0.15) is 13.3 Å². The quantitative estimate of drug-likeness (QED) is 0.831. The summed E-state index contributed by atoms with van der Waals surface area (Å²) in [7, 11) is 1.59. The van der Waals surface area contributed by atoms with Gasteiger partial charge in [-0.2, -0.15) is 10.2 Å². The van der Waals surface area contributed by atoms with Crippen molar-refractivity contribution in [2.45, 2.75) is 19.4 Å². The number of hydrogen-bond acceptors (Lipinski definition) is 6. The number of aromatic nitrogens is 2. The Morgan fingerprint density at radius 3 is 2.70 bits per heavy atom. The zero-order valence-corrected chi connectivity index (χ0v) is 13.3. The molecule has 1 aliphatic heterocycles. The molecule has 0 saturated carbocycles. The zero-order chi connectivity index (χ0) is 14.5. The van der Waals surface area contributed by atoms with Crippen LogP contribution in [0.4, 0.5) is 5.95 Å². The predicted molar refractivity (Wildman–Crippen MR) is 79.8 cm³/mol. The largest absolute Gasteiger partial charge is 0.480 e. The topological polar surface area (TPSA) is 65.3 Å². The molecule has 1 aromatic heterocycles. The minimum absolute atomic E-state index is 0.0116. The van der Waals surface area contributed by atoms with Crippen LogP contribution in [0, 0.1) is 11.3 Å². The predicted octanol–water partition coefficient (Wildman–Crippen LogP) is 1.67. The van der Waals surface area contributed by atoms with Gasteiger partial charge in [0.25, 0.3) is 0 Å². The standard InChI is InChI=1S/C13H18BrN5O/c1-3-10(8-15)18-4-6-19(7-5-18)13-16-9-11(14)12(17-13)20-2/h9-10H,3-7H2,1-2H3/t10-/m0/s1. The number of hydrogen-bond donors (Lipinski definition) is 0. The second-order valence-corrected chi connectivity index (χ2v) is 5.46. The van der Waals surface area contributed by atoms with Gasteiger partial charge < -0.3 is 9.64 Å². The maximum Gasteiger partial charge on any atom is 0.232 e. The Morgan fingerprint density at radius 2 is 2.15 bits per heavy atom. The minimum atomic E-state index is 0.0116. The Hall–Kier alpha value is -1.39. The molecule has 0 radical (unpaired) electrons. The lowest BCUT2D eigenvalue weighted by Crippen LogP contribution is -2.50. The first kappa shape index (κ1) is 15.0. The average molecular weight is 340 g/mol. The molecule has 1 fully saturated rings. The molecule has 6 nitrogen and oxygen atoms in total. The molecule has 0 spiro atoms. The summed E-state index contributed by atoms with van der Waals surface area (Å²) in [6.45, 7) is 5.40. The van der Waals surface area contributed by atoms with Crippen molar-refractivity contribution in [3.63, 3.8) is 0 Å². The smallest absolute Gasteiger partial charge is 0.232 e. The van der Waals surface area contributed by atoms with E-state index < -0.39 is 0 Å². The first-order valence-electron chi connectivity index (χ1n) is 6.64. The van der Waals surface area contributed by atoms with Gasteiger partial charge in [-0.3, -0.25) is 4.90 Å². The highest BCUT2D eigenvalue weighted by atomic mass is 79.9. The summed E-state index contributed by atoms with van der Waals surface area (Å²) >= 11 is 3.35. The normalized spacial score (nSPS) is 17.6. The second-order valence-electron chi connectivity index (χ2n) is 4.60. The van der Waals surface area contributed by atoms with Gasteiger partial charge in [-0.25, -0.2) is 4.98 Å². The molecule has 20 heavy (non-hydrogen) atoms. The highest BCUT2D eigenvalue weighted by Crippen LogP contribution is 2.24. The summed E-state index contributed by atoms with van der Waals surface area (Å²) in [4.78, 5) is 13.0. The summed E-state index contributed by atoms with van der Waals surface area (Å²) in [6, 6.07) is 2.36. The Bertz CT molecular complexity index is 496. The van der Waals surface area contributed by atoms with Crippen molar-refractivity contribution < 1.29 is 4.74 Å². The maximum absolute atomic E-state index is 9.11. The van der Waals surface area contributed by atoms with Crippen LogP contribution < -0.4 is 9.64 Å². The molecule has 0 amide bonds. The number of piperazine rings is 1. The Kier molecular flexibility index (Phi) is 5.15. The fourth-order valence-electron chi connectivity index (χ4n) is 2.30. The molecule has 2 rings (SSSR count). The van der Waals surface area contributed by atoms with Crippen molar-refractivity contribution in [3.05, 3.63) is 10.7 Å². The minimum Gasteiger partial charge on any atom is -0.480 e. The van der Waals surface area contributed by atoms with E-state index in [2.05, 4.69) is 41.8 Å². The molecule has 0 aliphatic carbocycles. The Labute approximate surface area is 127 Å². The molecule has 1 aliphatic rings. The SMILES string of the molecule is CC[C@@H](C#N)N1CCN(c2ncc(Br)c(OC)n2)CC1. The highest BCUT2D eigenvalue weighted by Gasteiger charge is 2.24. The van der Waals surface area contributed by atoms with Crippen LogP contribution in [-0.2, 0) is 0 Å². The number of anilines is 1. The van der Waals surface area contributed by atoms with Crippen LogP contribution in [0.2, 0.25) is 0 Å². The molecule has 1 atom stereocenters. The molecule has 0 bridgehead atoms. The third-order valence-corrected chi connectivity index (χ3v) is 4.01. The van der Waals surface area contributed by atoms with Gasteiger partial charge >= 0.3 is 0 Å². The summed E-state index contributed by atoms with van der Waals surface area (Å²) in [6.07, 6.45) is 2.57. The molecular formula is C13H18BrN5O. The maximum atomic E-state index is 9.11. The first-order valence-corrected chi connectivity index (χ1v) is 7.44. The number of methoxy groups -OCH3 is 1. The number of nitrogens with zero attached hydrogens (tertiary/aromatic N) is 5. The van der Waals surface area contributed by atoms with Gasteiger partial charge in [0.05, 0.1) is 29.9 Å². The van der Waals surface area contributed by atoms with Crippen molar-refractivity contribution in [3.8, 4) is 11.9 Å². The van der Waals surface area contributed by atoms with Crippen LogP contribution >= 0.6 is 15.9 Å². The highest BCUT2D eigenvalue weighted by molar-refractivity contribution is 9.10. The summed E-state index contributed by atoms with van der Waals surface area (Å²) in [5.41, 5.74) is 0. The van der Waals surface area contributed by atoms with Gasteiger partial charge in [-0.05, 0) is 22.4 Å². The fourth-order valence-corrected chi connectivity index (χ4v) is 2.66. The molecule has 0 aromatic carbocycles. The molecule has 0 unspecified atom stereocenters. The van der Waals surface area contributed by atoms with E-state index in [1.807, 2.05) is 6.92 Å². The van der Waals surface area contributed by atoms with E-state index in [4.69, 9.17) is 10.00 Å². The summed E-state index contributed by atoms with van der Waals surface area (Å²) in [5.74, 6) is 1.22. The Morgan fingerprint density at radius 1 is 1.45 bits per heavy atom. The summed E-state index contributed by atoms with van der Waals surface area (Å²) in [5, 5.41) is 9.11. The third kappa shape index (κ3) is 3.19. The van der Waals surface area contributed by atoms with Crippen LogP contribution in [0.15, 0.2) is 10.7 Å². The molecule has 108 valence electrons. The van der Waals surface area contributed by atoms with Crippen molar-refractivity contribution in [2.75, 3.05) is 38.2 Å². The molecule has 7 heteroatoms. The van der Waals surface area contributed by atoms with E-state index in [0.717, 1.165) is 37.1 Å². The monoisotopic (exact) mass is 339 g/mol. The molecule has 2 heterocycles. The van der Waals surface area contributed by atoms with E-state index in [-0.39, 0.29) is 6.04 Å². The van der Waals surface area contributed by atoms with E-state index >= 15 is 0 Å². The Balaban J connectivity index is 2.02. The van der Waals surface area contributed by atoms with Crippen molar-refractivity contribution >= 4 is 21.9 Å². The number of nitriles is 1. The van der Waals surface area contributed by atoms with E-state index in [0.29, 0.717) is 11.8 Å². The third-order valence-electron chi connectivity index (χ3n) is 3.47. The van der Waals surface area contributed by atoms with E-state index in [1.54, 1.807) is 13.3 Å². The van der Waals surface area contributed by atoms with Gasteiger partial charge in [0.15, 0.2) is 0 Å². The van der Waals surface area contributed by atoms with Crippen molar-refractivity contribution in [1.29, 1.82) is 5.26 Å². The van der Waals surface area contributed by atoms with Crippen LogP contribution in [0.3, 0.4) is 0 Å². The van der Waals surface area contributed by atoms with Gasteiger partial charge in [-0.15, -0.1) is 0 Å². The molecule has 1 aromatic rings. The van der Waals surface area contributed by atoms with Crippen molar-refractivity contribution in [1.82, 2.24) is 14.9 Å². The van der Waals surface area contributed by atoms with Gasteiger partial charge in [-0.1, -0.05) is 6.92 Å². The lowest BCUT2D eigenvalue weighted by Gasteiger charge is -2.36. The zero-order valence-electron chi connectivity index (χ0n) is 11.7. The summed E-state index contributed by atoms with van der Waals surface area (Å²) < 4.78 is 5.94. The second kappa shape index (κ2) is 6.86. The number of halogens is 1. The van der Waals surface area contributed by atoms with E-state index in [9.17, 15) is 0 Å². The fraction of sp³-hybridized carbons (Fsp3) is 0.615. The lowest BCUT2D eigenvalue weighted by atomic mass is 10.2. The molecule has 0 N–H and O–H groups in total. The number of rotatable bonds is 4. The van der Waals surface area contributed by atoms with Crippen LogP contribution in [0.5, 0.6) is 5.88 Å². The first-order chi connectivity index (χ1) is 9.69. The van der Waals surface area contributed by atoms with Crippen LogP contribution in [0.25, 0.3) is 0 Å². The number of ether oxygens (including phenoxy) is 1. The van der Waals surface area contributed by atoms with Crippen LogP contribution in [-0.4, -0.2) is 54.2 Å². The molecular weight excluding hydrogens is 322 g/mol. The van der Waals surface area contributed by atoms with Crippen molar-refractivity contribution in [2.24, 2.45) is 0 Å².